The van der Waals surface area contributed by atoms with Gasteiger partial charge < -0.3 is 5.32 Å². The number of hydrogen-bond donors (Lipinski definition) is 1. The van der Waals surface area contributed by atoms with Crippen molar-refractivity contribution in [3.05, 3.63) is 53.9 Å². The fourth-order valence-corrected chi connectivity index (χ4v) is 1.71. The van der Waals surface area contributed by atoms with Gasteiger partial charge in [0.1, 0.15) is 0 Å². The van der Waals surface area contributed by atoms with Gasteiger partial charge in [-0.05, 0) is 18.6 Å². The first-order valence-corrected chi connectivity index (χ1v) is 6.11. The van der Waals surface area contributed by atoms with Gasteiger partial charge in [0.15, 0.2) is 0 Å². The fraction of sp³-hybridized carbons (Fsp3) is 0.286. The highest BCUT2D eigenvalue weighted by Gasteiger charge is 2.04. The zero-order valence-electron chi connectivity index (χ0n) is 10.5. The Morgan fingerprint density at radius 2 is 2.06 bits per heavy atom. The fourth-order valence-electron chi connectivity index (χ4n) is 1.71. The third-order valence-corrected chi connectivity index (χ3v) is 2.69. The predicted molar refractivity (Wildman–Crippen MR) is 69.9 cm³/mol. The molecule has 1 aromatic carbocycles. The van der Waals surface area contributed by atoms with Gasteiger partial charge in [0.2, 0.25) is 5.91 Å². The summed E-state index contributed by atoms with van der Waals surface area (Å²) >= 11 is 0. The topological polar surface area (TPSA) is 46.9 Å². The van der Waals surface area contributed by atoms with E-state index in [9.17, 15) is 4.79 Å². The van der Waals surface area contributed by atoms with Gasteiger partial charge in [-0.3, -0.25) is 9.48 Å². The maximum Gasteiger partial charge on any atom is 0.224 e. The van der Waals surface area contributed by atoms with Crippen LogP contribution in [0, 0.1) is 0 Å². The molecule has 0 aliphatic heterocycles. The maximum atomic E-state index is 11.7. The van der Waals surface area contributed by atoms with Gasteiger partial charge in [0.25, 0.3) is 0 Å². The van der Waals surface area contributed by atoms with E-state index in [1.54, 1.807) is 0 Å². The molecule has 1 aromatic heterocycles. The molecule has 0 saturated carbocycles. The van der Waals surface area contributed by atoms with Crippen molar-refractivity contribution in [3.8, 4) is 0 Å². The quantitative estimate of drug-likeness (QED) is 0.869. The number of hydrogen-bond acceptors (Lipinski definition) is 2. The molecule has 18 heavy (non-hydrogen) atoms. The lowest BCUT2D eigenvalue weighted by atomic mass is 10.1. The predicted octanol–water partition coefficient (Wildman–Crippen LogP) is 1.76. The van der Waals surface area contributed by atoms with E-state index in [0.29, 0.717) is 13.0 Å². The van der Waals surface area contributed by atoms with Crippen molar-refractivity contribution in [2.75, 3.05) is 0 Å². The molecule has 2 rings (SSSR count). The summed E-state index contributed by atoms with van der Waals surface area (Å²) in [6, 6.07) is 11.6. The van der Waals surface area contributed by atoms with Crippen LogP contribution in [0.25, 0.3) is 0 Å². The summed E-state index contributed by atoms with van der Waals surface area (Å²) in [6.07, 6.45) is 2.33. The standard InChI is InChI=1S/C14H17N3O/c1-2-17-9-8-13(16-17)11-15-14(18)10-12-6-4-3-5-7-12/h3-9H,2,10-11H2,1H3,(H,15,18). The van der Waals surface area contributed by atoms with Gasteiger partial charge in [-0.1, -0.05) is 30.3 Å². The third kappa shape index (κ3) is 3.45. The number of benzene rings is 1. The summed E-state index contributed by atoms with van der Waals surface area (Å²) < 4.78 is 1.85. The lowest BCUT2D eigenvalue weighted by Gasteiger charge is -2.03. The Balaban J connectivity index is 1.81. The van der Waals surface area contributed by atoms with E-state index >= 15 is 0 Å². The Hall–Kier alpha value is -2.10. The Morgan fingerprint density at radius 3 is 2.72 bits per heavy atom. The number of nitrogens with zero attached hydrogens (tertiary/aromatic N) is 2. The minimum absolute atomic E-state index is 0.0206. The summed E-state index contributed by atoms with van der Waals surface area (Å²) in [5, 5.41) is 7.18. The number of nitrogens with one attached hydrogen (secondary N) is 1. The SMILES string of the molecule is CCn1ccc(CNC(=O)Cc2ccccc2)n1. The van der Waals surface area contributed by atoms with Crippen molar-refractivity contribution in [2.24, 2.45) is 0 Å². The monoisotopic (exact) mass is 243 g/mol. The summed E-state index contributed by atoms with van der Waals surface area (Å²) in [5.41, 5.74) is 1.91. The van der Waals surface area contributed by atoms with Crippen LogP contribution in [0.1, 0.15) is 18.2 Å². The van der Waals surface area contributed by atoms with E-state index < -0.39 is 0 Å². The Kier molecular flexibility index (Phi) is 4.12. The zero-order valence-corrected chi connectivity index (χ0v) is 10.5. The Bertz CT molecular complexity index is 505. The molecule has 2 aromatic rings. The number of aryl methyl sites for hydroxylation is 1. The molecule has 1 heterocycles. The molecule has 0 unspecified atom stereocenters. The van der Waals surface area contributed by atoms with Gasteiger partial charge in [-0.25, -0.2) is 0 Å². The number of carbonyl (C=O) groups is 1. The lowest BCUT2D eigenvalue weighted by molar-refractivity contribution is -0.120. The summed E-state index contributed by atoms with van der Waals surface area (Å²) in [4.78, 5) is 11.7. The summed E-state index contributed by atoms with van der Waals surface area (Å²) in [6.45, 7) is 3.36. The molecule has 0 radical (unpaired) electrons. The average molecular weight is 243 g/mol. The van der Waals surface area contributed by atoms with Gasteiger partial charge in [-0.2, -0.15) is 5.10 Å². The van der Waals surface area contributed by atoms with Gasteiger partial charge in [0, 0.05) is 12.7 Å². The van der Waals surface area contributed by atoms with Crippen LogP contribution in [0.15, 0.2) is 42.6 Å². The number of aromatic nitrogens is 2. The molecule has 0 saturated heterocycles. The molecule has 4 nitrogen and oxygen atoms in total. The largest absolute Gasteiger partial charge is 0.350 e. The van der Waals surface area contributed by atoms with E-state index in [4.69, 9.17) is 0 Å². The second-order valence-electron chi connectivity index (χ2n) is 4.10. The van der Waals surface area contributed by atoms with Gasteiger partial charge in [-0.15, -0.1) is 0 Å². The zero-order chi connectivity index (χ0) is 12.8. The van der Waals surface area contributed by atoms with Crippen LogP contribution in [0.3, 0.4) is 0 Å². The number of carbonyl (C=O) groups excluding carboxylic acids is 1. The van der Waals surface area contributed by atoms with Gasteiger partial charge in [0.05, 0.1) is 18.7 Å². The molecule has 0 fully saturated rings. The highest BCUT2D eigenvalue weighted by Crippen LogP contribution is 2.00. The minimum atomic E-state index is 0.0206. The van der Waals surface area contributed by atoms with Crippen molar-refractivity contribution in [3.63, 3.8) is 0 Å². The van der Waals surface area contributed by atoms with Crippen LogP contribution in [0.4, 0.5) is 0 Å². The van der Waals surface area contributed by atoms with Gasteiger partial charge >= 0.3 is 0 Å². The molecule has 4 heteroatoms. The second-order valence-corrected chi connectivity index (χ2v) is 4.10. The highest BCUT2D eigenvalue weighted by molar-refractivity contribution is 5.78. The van der Waals surface area contributed by atoms with E-state index in [-0.39, 0.29) is 5.91 Å². The van der Waals surface area contributed by atoms with E-state index in [0.717, 1.165) is 17.8 Å². The molecule has 0 aliphatic carbocycles. The summed E-state index contributed by atoms with van der Waals surface area (Å²) in [7, 11) is 0. The van der Waals surface area contributed by atoms with Crippen LogP contribution in [-0.4, -0.2) is 15.7 Å². The third-order valence-electron chi connectivity index (χ3n) is 2.69. The van der Waals surface area contributed by atoms with Crippen LogP contribution < -0.4 is 5.32 Å². The summed E-state index contributed by atoms with van der Waals surface area (Å²) in [5.74, 6) is 0.0206. The first-order valence-electron chi connectivity index (χ1n) is 6.11. The molecular formula is C14H17N3O. The smallest absolute Gasteiger partial charge is 0.224 e. The lowest BCUT2D eigenvalue weighted by Crippen LogP contribution is -2.24. The highest BCUT2D eigenvalue weighted by atomic mass is 16.1. The van der Waals surface area contributed by atoms with E-state index in [2.05, 4.69) is 10.4 Å². The van der Waals surface area contributed by atoms with Crippen LogP contribution in [-0.2, 0) is 24.3 Å². The molecule has 0 spiro atoms. The van der Waals surface area contributed by atoms with Crippen molar-refractivity contribution < 1.29 is 4.79 Å². The van der Waals surface area contributed by atoms with Crippen molar-refractivity contribution in [2.45, 2.75) is 26.4 Å². The van der Waals surface area contributed by atoms with E-state index in [1.165, 1.54) is 0 Å². The number of amides is 1. The maximum absolute atomic E-state index is 11.7. The van der Waals surface area contributed by atoms with Crippen molar-refractivity contribution in [1.29, 1.82) is 0 Å². The van der Waals surface area contributed by atoms with Crippen LogP contribution in [0.2, 0.25) is 0 Å². The van der Waals surface area contributed by atoms with Crippen molar-refractivity contribution in [1.82, 2.24) is 15.1 Å². The minimum Gasteiger partial charge on any atom is -0.350 e. The molecule has 0 atom stereocenters. The first-order chi connectivity index (χ1) is 8.78. The molecule has 94 valence electrons. The second kappa shape index (κ2) is 6.00. The molecular weight excluding hydrogens is 226 g/mol. The van der Waals surface area contributed by atoms with E-state index in [1.807, 2.05) is 54.2 Å². The van der Waals surface area contributed by atoms with Crippen molar-refractivity contribution >= 4 is 5.91 Å². The molecule has 0 aliphatic rings. The first kappa shape index (κ1) is 12.4. The van der Waals surface area contributed by atoms with Crippen LogP contribution >= 0.6 is 0 Å². The molecule has 1 amide bonds. The molecule has 0 bridgehead atoms. The number of rotatable bonds is 5. The normalized spacial score (nSPS) is 10.3. The molecule has 1 N–H and O–H groups in total. The Labute approximate surface area is 107 Å². The van der Waals surface area contributed by atoms with Crippen LogP contribution in [0.5, 0.6) is 0 Å². The Morgan fingerprint density at radius 1 is 1.28 bits per heavy atom. The average Bonchev–Trinajstić information content (AvgIpc) is 2.85.